The van der Waals surface area contributed by atoms with Gasteiger partial charge in [-0.25, -0.2) is 13.6 Å². The van der Waals surface area contributed by atoms with Gasteiger partial charge in [-0.1, -0.05) is 54.6 Å². The number of ether oxygens (including phenoxy) is 1. The highest BCUT2D eigenvalue weighted by Crippen LogP contribution is 2.28. The Kier molecular flexibility index (Phi) is 8.04. The lowest BCUT2D eigenvalue weighted by Crippen LogP contribution is -2.32. The van der Waals surface area contributed by atoms with E-state index in [0.29, 0.717) is 30.5 Å². The molecule has 3 aromatic rings. The van der Waals surface area contributed by atoms with Crippen molar-refractivity contribution in [3.63, 3.8) is 0 Å². The van der Waals surface area contributed by atoms with Crippen LogP contribution in [0.2, 0.25) is 0 Å². The number of nitrogens with zero attached hydrogens (tertiary/aromatic N) is 1. The fourth-order valence-corrected chi connectivity index (χ4v) is 4.49. The van der Waals surface area contributed by atoms with Gasteiger partial charge in [-0.15, -0.1) is 0 Å². The minimum atomic E-state index is -3.92. The van der Waals surface area contributed by atoms with Crippen molar-refractivity contribution < 1.29 is 17.9 Å². The highest BCUT2D eigenvalue weighted by Gasteiger charge is 2.17. The monoisotopic (exact) mass is 480 g/mol. The lowest BCUT2D eigenvalue weighted by atomic mass is 10.0. The topological polar surface area (TPSA) is 140 Å². The normalized spacial score (nSPS) is 11.1. The number of hydrogen-bond acceptors (Lipinski definition) is 6. The first-order valence-electron chi connectivity index (χ1n) is 10.7. The molecule has 0 saturated carbocycles. The largest absolute Gasteiger partial charge is 0.468 e. The van der Waals surface area contributed by atoms with Gasteiger partial charge in [-0.2, -0.15) is 0 Å². The molecule has 3 aromatic carbocycles. The highest BCUT2D eigenvalue weighted by molar-refractivity contribution is 7.89. The lowest BCUT2D eigenvalue weighted by Gasteiger charge is -2.24. The van der Waals surface area contributed by atoms with Crippen LogP contribution in [0.15, 0.2) is 77.7 Å². The summed E-state index contributed by atoms with van der Waals surface area (Å²) in [6, 6.07) is 21.6. The summed E-state index contributed by atoms with van der Waals surface area (Å²) in [6.07, 6.45) is 1.21. The average Bonchev–Trinajstić information content (AvgIpc) is 2.83. The minimum absolute atomic E-state index is 0.0350. The summed E-state index contributed by atoms with van der Waals surface area (Å²) >= 11 is 0. The number of sulfonamides is 1. The summed E-state index contributed by atoms with van der Waals surface area (Å²) in [5, 5.41) is 13.2. The first-order chi connectivity index (χ1) is 16.2. The van der Waals surface area contributed by atoms with Crippen molar-refractivity contribution in [1.82, 2.24) is 0 Å². The van der Waals surface area contributed by atoms with Crippen LogP contribution in [0.3, 0.4) is 0 Å². The zero-order valence-corrected chi connectivity index (χ0v) is 19.7. The van der Waals surface area contributed by atoms with E-state index in [1.165, 1.54) is 7.11 Å². The number of benzene rings is 3. The molecule has 0 aliphatic carbocycles. The van der Waals surface area contributed by atoms with Gasteiger partial charge in [0.1, 0.15) is 12.4 Å². The second kappa shape index (κ2) is 11.0. The number of hydrogen-bond donors (Lipinski definition) is 3. The molecule has 0 atom stereocenters. The van der Waals surface area contributed by atoms with E-state index in [9.17, 15) is 13.2 Å². The summed E-state index contributed by atoms with van der Waals surface area (Å²) in [7, 11) is -2.60. The molecule has 8 nitrogen and oxygen atoms in total. The standard InChI is InChI=1S/C25H28N4O4S/c1-33-24(30)17-29(21-11-5-10-20(16-21)25(26)27)14-6-7-18-12-13-22(19-8-3-2-4-9-19)23(15-18)34(28,31)32/h2-5,8-13,15-16H,6-7,14,17H2,1H3,(H3,26,27)(H2,28,31,32). The van der Waals surface area contributed by atoms with Crippen LogP contribution >= 0.6 is 0 Å². The molecule has 0 aliphatic rings. The first-order valence-corrected chi connectivity index (χ1v) is 12.2. The number of nitrogen functional groups attached to an aromatic ring is 1. The molecule has 0 aromatic heterocycles. The summed E-state index contributed by atoms with van der Waals surface area (Å²) in [6.45, 7) is 0.537. The van der Waals surface area contributed by atoms with Crippen LogP contribution in [-0.4, -0.2) is 40.4 Å². The van der Waals surface area contributed by atoms with Gasteiger partial charge in [0.2, 0.25) is 10.0 Å². The van der Waals surface area contributed by atoms with Crippen LogP contribution in [0, 0.1) is 5.41 Å². The predicted octanol–water partition coefficient (Wildman–Crippen LogP) is 2.90. The van der Waals surface area contributed by atoms with E-state index in [1.807, 2.05) is 47.4 Å². The van der Waals surface area contributed by atoms with Crippen LogP contribution in [-0.2, 0) is 26.0 Å². The number of carbonyl (C=O) groups excluding carboxylic acids is 1. The second-order valence-corrected chi connectivity index (χ2v) is 9.34. The SMILES string of the molecule is COC(=O)CN(CCCc1ccc(-c2ccccc2)c(S(N)(=O)=O)c1)c1cccc(C(=N)N)c1. The number of nitrogens with one attached hydrogen (secondary N) is 1. The van der Waals surface area contributed by atoms with Crippen molar-refractivity contribution >= 4 is 27.5 Å². The number of methoxy groups -OCH3 is 1. The molecule has 0 saturated heterocycles. The van der Waals surface area contributed by atoms with Crippen LogP contribution in [0.5, 0.6) is 0 Å². The Morgan fingerprint density at radius 1 is 1.03 bits per heavy atom. The molecule has 0 bridgehead atoms. The van der Waals surface area contributed by atoms with E-state index in [1.54, 1.807) is 30.3 Å². The number of esters is 1. The third-order valence-electron chi connectivity index (χ3n) is 5.40. The lowest BCUT2D eigenvalue weighted by molar-refractivity contribution is -0.138. The van der Waals surface area contributed by atoms with Gasteiger partial charge in [-0.05, 0) is 42.2 Å². The summed E-state index contributed by atoms with van der Waals surface area (Å²) in [4.78, 5) is 13.9. The van der Waals surface area contributed by atoms with Gasteiger partial charge in [0, 0.05) is 23.4 Å². The van der Waals surface area contributed by atoms with Gasteiger partial charge in [-0.3, -0.25) is 10.2 Å². The average molecular weight is 481 g/mol. The van der Waals surface area contributed by atoms with Crippen molar-refractivity contribution in [2.45, 2.75) is 17.7 Å². The molecule has 178 valence electrons. The quantitative estimate of drug-likeness (QED) is 0.232. The fraction of sp³-hybridized carbons (Fsp3) is 0.200. The number of primary sulfonamides is 1. The molecule has 0 fully saturated rings. The fourth-order valence-electron chi connectivity index (χ4n) is 3.68. The van der Waals surface area contributed by atoms with Crippen LogP contribution in [0.25, 0.3) is 11.1 Å². The molecule has 0 heterocycles. The maximum absolute atomic E-state index is 12.3. The second-order valence-electron chi connectivity index (χ2n) is 7.81. The molecular formula is C25H28N4O4S. The predicted molar refractivity (Wildman–Crippen MR) is 133 cm³/mol. The highest BCUT2D eigenvalue weighted by atomic mass is 32.2. The number of carbonyl (C=O) groups is 1. The van der Waals surface area contributed by atoms with Crippen LogP contribution in [0.1, 0.15) is 17.5 Å². The Balaban J connectivity index is 1.80. The van der Waals surface area contributed by atoms with E-state index < -0.39 is 16.0 Å². The third kappa shape index (κ3) is 6.43. The van der Waals surface area contributed by atoms with Gasteiger partial charge in [0.25, 0.3) is 0 Å². The van der Waals surface area contributed by atoms with E-state index in [-0.39, 0.29) is 17.3 Å². The smallest absolute Gasteiger partial charge is 0.325 e. The van der Waals surface area contributed by atoms with Crippen molar-refractivity contribution in [2.24, 2.45) is 10.9 Å². The zero-order chi connectivity index (χ0) is 24.7. The molecule has 0 unspecified atom stereocenters. The number of amidine groups is 1. The molecule has 0 aliphatic heterocycles. The summed E-state index contributed by atoms with van der Waals surface area (Å²) in [5.74, 6) is -0.453. The molecular weight excluding hydrogens is 452 g/mol. The van der Waals surface area contributed by atoms with E-state index in [0.717, 1.165) is 16.8 Å². The summed E-state index contributed by atoms with van der Waals surface area (Å²) < 4.78 is 29.4. The zero-order valence-electron chi connectivity index (χ0n) is 18.9. The Labute approximate surface area is 199 Å². The van der Waals surface area contributed by atoms with Gasteiger partial charge in [0.15, 0.2) is 0 Å². The Morgan fingerprint density at radius 2 is 1.76 bits per heavy atom. The van der Waals surface area contributed by atoms with E-state index in [4.69, 9.17) is 21.0 Å². The first kappa shape index (κ1) is 24.9. The van der Waals surface area contributed by atoms with Gasteiger partial charge in [0.05, 0.1) is 12.0 Å². The van der Waals surface area contributed by atoms with Gasteiger partial charge < -0.3 is 15.4 Å². The minimum Gasteiger partial charge on any atom is -0.468 e. The third-order valence-corrected chi connectivity index (χ3v) is 6.35. The van der Waals surface area contributed by atoms with Crippen LogP contribution in [0.4, 0.5) is 5.69 Å². The van der Waals surface area contributed by atoms with Crippen LogP contribution < -0.4 is 15.8 Å². The van der Waals surface area contributed by atoms with Gasteiger partial charge >= 0.3 is 5.97 Å². The Morgan fingerprint density at radius 3 is 2.41 bits per heavy atom. The van der Waals surface area contributed by atoms with Crippen molar-refractivity contribution in [2.75, 3.05) is 25.1 Å². The number of rotatable bonds is 10. The Bertz CT molecular complexity index is 1280. The maximum atomic E-state index is 12.3. The molecule has 0 spiro atoms. The number of anilines is 1. The molecule has 0 amide bonds. The number of nitrogens with two attached hydrogens (primary N) is 2. The van der Waals surface area contributed by atoms with Crippen molar-refractivity contribution in [3.8, 4) is 11.1 Å². The van der Waals surface area contributed by atoms with E-state index in [2.05, 4.69) is 0 Å². The molecule has 34 heavy (non-hydrogen) atoms. The number of aryl methyl sites for hydroxylation is 1. The molecule has 9 heteroatoms. The molecule has 0 radical (unpaired) electrons. The maximum Gasteiger partial charge on any atom is 0.325 e. The van der Waals surface area contributed by atoms with E-state index >= 15 is 0 Å². The van der Waals surface area contributed by atoms with Crippen molar-refractivity contribution in [3.05, 3.63) is 83.9 Å². The Hall–Kier alpha value is -3.69. The van der Waals surface area contributed by atoms with Crippen molar-refractivity contribution in [1.29, 1.82) is 5.41 Å². The molecule has 3 rings (SSSR count). The molecule has 5 N–H and O–H groups in total. The summed E-state index contributed by atoms with van der Waals surface area (Å²) in [5.41, 5.74) is 9.04.